The number of ketones is 1. The minimum absolute atomic E-state index is 0.0680. The van der Waals surface area contributed by atoms with Gasteiger partial charge in [0, 0.05) is 26.5 Å². The normalized spacial score (nSPS) is 10.8. The van der Waals surface area contributed by atoms with Gasteiger partial charge < -0.3 is 5.11 Å². The number of halogens is 1. The van der Waals surface area contributed by atoms with Crippen LogP contribution in [0.15, 0.2) is 4.47 Å². The van der Waals surface area contributed by atoms with Crippen LogP contribution in [0.1, 0.15) is 31.2 Å². The second-order valence-electron chi connectivity index (χ2n) is 3.73. The number of hydrogen-bond donors (Lipinski definition) is 1. The minimum atomic E-state index is 0.0680. The Morgan fingerprint density at radius 3 is 2.75 bits per heavy atom. The molecule has 4 nitrogen and oxygen atoms in total. The lowest BCUT2D eigenvalue weighted by atomic mass is 10.1. The number of rotatable bonds is 6. The third-order valence-electron chi connectivity index (χ3n) is 2.48. The van der Waals surface area contributed by atoms with E-state index >= 15 is 0 Å². The van der Waals surface area contributed by atoms with Crippen molar-refractivity contribution in [2.45, 2.75) is 32.6 Å². The smallest absolute Gasteiger partial charge is 0.138 e. The number of Topliss-reactive ketones (excluding diaryl/α,β-unsaturated/α-hetero) is 1. The van der Waals surface area contributed by atoms with Gasteiger partial charge in [-0.15, -0.1) is 0 Å². The zero-order chi connectivity index (χ0) is 12.1. The van der Waals surface area contributed by atoms with Crippen LogP contribution in [0.3, 0.4) is 0 Å². The van der Waals surface area contributed by atoms with E-state index in [0.29, 0.717) is 19.3 Å². The third kappa shape index (κ3) is 3.15. The van der Waals surface area contributed by atoms with Gasteiger partial charge in [0.1, 0.15) is 5.78 Å². The van der Waals surface area contributed by atoms with Crippen molar-refractivity contribution >= 4 is 21.7 Å². The third-order valence-corrected chi connectivity index (χ3v) is 3.40. The fourth-order valence-electron chi connectivity index (χ4n) is 1.56. The molecule has 1 heterocycles. The number of carbonyl (C=O) groups is 1. The molecule has 0 atom stereocenters. The van der Waals surface area contributed by atoms with Crippen LogP contribution in [0, 0.1) is 0 Å². The van der Waals surface area contributed by atoms with Crippen LogP contribution in [0.25, 0.3) is 0 Å². The van der Waals surface area contributed by atoms with Crippen LogP contribution in [-0.4, -0.2) is 27.3 Å². The first-order chi connectivity index (χ1) is 7.60. The Morgan fingerprint density at radius 2 is 2.25 bits per heavy atom. The Kier molecular flexibility index (Phi) is 5.15. The molecule has 90 valence electrons. The van der Waals surface area contributed by atoms with Crippen LogP contribution in [0.2, 0.25) is 0 Å². The zero-order valence-corrected chi connectivity index (χ0v) is 11.2. The van der Waals surface area contributed by atoms with Crippen LogP contribution in [0.5, 0.6) is 0 Å². The average Bonchev–Trinajstić information content (AvgIpc) is 2.53. The van der Waals surface area contributed by atoms with E-state index in [-0.39, 0.29) is 12.4 Å². The Labute approximate surface area is 104 Å². The van der Waals surface area contributed by atoms with Gasteiger partial charge >= 0.3 is 0 Å². The average molecular weight is 289 g/mol. The molecule has 1 N–H and O–H groups in total. The lowest BCUT2D eigenvalue weighted by Crippen LogP contribution is -2.08. The molecule has 1 rings (SSSR count). The van der Waals surface area contributed by atoms with E-state index in [4.69, 9.17) is 5.11 Å². The van der Waals surface area contributed by atoms with Crippen LogP contribution >= 0.6 is 15.9 Å². The van der Waals surface area contributed by atoms with E-state index in [1.54, 1.807) is 4.68 Å². The molecule has 0 saturated carbocycles. The predicted octanol–water partition coefficient (Wildman–Crippen LogP) is 1.63. The molecule has 0 bridgehead atoms. The zero-order valence-electron chi connectivity index (χ0n) is 9.66. The predicted molar refractivity (Wildman–Crippen MR) is 65.3 cm³/mol. The number of carbonyl (C=O) groups excluding carboxylic acids is 1. The first kappa shape index (κ1) is 13.4. The Morgan fingerprint density at radius 1 is 1.56 bits per heavy atom. The van der Waals surface area contributed by atoms with E-state index in [2.05, 4.69) is 21.0 Å². The van der Waals surface area contributed by atoms with Crippen molar-refractivity contribution in [2.24, 2.45) is 7.05 Å². The van der Waals surface area contributed by atoms with Gasteiger partial charge in [-0.2, -0.15) is 5.10 Å². The molecule has 1 aromatic rings. The summed E-state index contributed by atoms with van der Waals surface area (Å²) >= 11 is 3.47. The topological polar surface area (TPSA) is 55.1 Å². The number of aryl methyl sites for hydroxylation is 2. The second kappa shape index (κ2) is 6.15. The van der Waals surface area contributed by atoms with Gasteiger partial charge in [0.05, 0.1) is 15.9 Å². The summed E-state index contributed by atoms with van der Waals surface area (Å²) in [7, 11) is 1.85. The Bertz CT molecular complexity index is 374. The van der Waals surface area contributed by atoms with Gasteiger partial charge in [0.2, 0.25) is 0 Å². The van der Waals surface area contributed by atoms with Crippen molar-refractivity contribution in [2.75, 3.05) is 6.61 Å². The summed E-state index contributed by atoms with van der Waals surface area (Å²) in [5.41, 5.74) is 1.90. The minimum Gasteiger partial charge on any atom is -0.396 e. The monoisotopic (exact) mass is 288 g/mol. The van der Waals surface area contributed by atoms with Crippen molar-refractivity contribution in [3.63, 3.8) is 0 Å². The fourth-order valence-corrected chi connectivity index (χ4v) is 2.32. The van der Waals surface area contributed by atoms with Crippen molar-refractivity contribution in [1.82, 2.24) is 9.78 Å². The molecule has 0 fully saturated rings. The number of hydrogen-bond acceptors (Lipinski definition) is 3. The van der Waals surface area contributed by atoms with E-state index in [1.807, 2.05) is 14.0 Å². The maximum Gasteiger partial charge on any atom is 0.138 e. The first-order valence-electron chi connectivity index (χ1n) is 5.43. The second-order valence-corrected chi connectivity index (χ2v) is 4.52. The highest BCUT2D eigenvalue weighted by atomic mass is 79.9. The van der Waals surface area contributed by atoms with Crippen LogP contribution in [-0.2, 0) is 24.7 Å². The molecule has 0 unspecified atom stereocenters. The van der Waals surface area contributed by atoms with Gasteiger partial charge in [-0.3, -0.25) is 9.48 Å². The molecule has 0 aromatic carbocycles. The van der Waals surface area contributed by atoms with Crippen molar-refractivity contribution in [1.29, 1.82) is 0 Å². The van der Waals surface area contributed by atoms with Gasteiger partial charge in [0.25, 0.3) is 0 Å². The lowest BCUT2D eigenvalue weighted by Gasteiger charge is -2.01. The molecule has 0 spiro atoms. The standard InChI is InChI=1S/C11H17BrN2O2/c1-3-9-11(12)10(14(2)13-9)7-8(16)5-4-6-15/h15H,3-7H2,1-2H3. The maximum atomic E-state index is 11.6. The summed E-state index contributed by atoms with van der Waals surface area (Å²) < 4.78 is 2.69. The highest BCUT2D eigenvalue weighted by Crippen LogP contribution is 2.22. The van der Waals surface area contributed by atoms with E-state index < -0.39 is 0 Å². The van der Waals surface area contributed by atoms with Gasteiger partial charge in [-0.1, -0.05) is 6.92 Å². The summed E-state index contributed by atoms with van der Waals surface area (Å²) in [6.45, 7) is 2.10. The van der Waals surface area contributed by atoms with Gasteiger partial charge in [0.15, 0.2) is 0 Å². The number of nitrogens with zero attached hydrogens (tertiary/aromatic N) is 2. The van der Waals surface area contributed by atoms with E-state index in [0.717, 1.165) is 22.3 Å². The molecule has 5 heteroatoms. The molecule has 1 aromatic heterocycles. The van der Waals surface area contributed by atoms with Gasteiger partial charge in [-0.25, -0.2) is 0 Å². The summed E-state index contributed by atoms with van der Waals surface area (Å²) in [6, 6.07) is 0. The van der Waals surface area contributed by atoms with Gasteiger partial charge in [-0.05, 0) is 28.8 Å². The Balaban J connectivity index is 2.73. The molecule has 0 radical (unpaired) electrons. The van der Waals surface area contributed by atoms with Crippen molar-refractivity contribution < 1.29 is 9.90 Å². The highest BCUT2D eigenvalue weighted by molar-refractivity contribution is 9.10. The van der Waals surface area contributed by atoms with Crippen molar-refractivity contribution in [3.8, 4) is 0 Å². The van der Waals surface area contributed by atoms with Crippen LogP contribution in [0.4, 0.5) is 0 Å². The molecule has 0 aliphatic heterocycles. The largest absolute Gasteiger partial charge is 0.396 e. The molecule has 0 saturated heterocycles. The van der Waals surface area contributed by atoms with E-state index in [1.165, 1.54) is 0 Å². The molecule has 16 heavy (non-hydrogen) atoms. The SMILES string of the molecule is CCc1nn(C)c(CC(=O)CCCO)c1Br. The molecular formula is C11H17BrN2O2. The number of aromatic nitrogens is 2. The molecule has 0 aliphatic carbocycles. The molecule has 0 aliphatic rings. The summed E-state index contributed by atoms with van der Waals surface area (Å²) in [5, 5.41) is 13.0. The Hall–Kier alpha value is -0.680. The summed E-state index contributed by atoms with van der Waals surface area (Å²) in [6.07, 6.45) is 2.19. The van der Waals surface area contributed by atoms with E-state index in [9.17, 15) is 4.79 Å². The summed E-state index contributed by atoms with van der Waals surface area (Å²) in [5.74, 6) is 0.139. The number of aliphatic hydroxyl groups excluding tert-OH is 1. The maximum absolute atomic E-state index is 11.6. The first-order valence-corrected chi connectivity index (χ1v) is 6.22. The fraction of sp³-hybridized carbons (Fsp3) is 0.636. The van der Waals surface area contributed by atoms with Crippen LogP contribution < -0.4 is 0 Å². The lowest BCUT2D eigenvalue weighted by molar-refractivity contribution is -0.118. The molecule has 0 amide bonds. The summed E-state index contributed by atoms with van der Waals surface area (Å²) in [4.78, 5) is 11.6. The highest BCUT2D eigenvalue weighted by Gasteiger charge is 2.15. The quantitative estimate of drug-likeness (QED) is 0.866. The van der Waals surface area contributed by atoms with Crippen molar-refractivity contribution in [3.05, 3.63) is 15.9 Å². The number of aliphatic hydroxyl groups is 1. The molecular weight excluding hydrogens is 272 g/mol.